The summed E-state index contributed by atoms with van der Waals surface area (Å²) >= 11 is 0. The van der Waals surface area contributed by atoms with E-state index in [4.69, 9.17) is 9.15 Å². The van der Waals surface area contributed by atoms with Crippen LogP contribution < -0.4 is 10.6 Å². The highest BCUT2D eigenvalue weighted by Gasteiger charge is 1.98. The normalized spacial score (nSPS) is 9.93. The molecule has 15 heavy (non-hydrogen) atoms. The van der Waals surface area contributed by atoms with Crippen molar-refractivity contribution in [2.75, 3.05) is 19.7 Å². The number of ether oxygens (including phenoxy) is 1. The Morgan fingerprint density at radius 3 is 3.07 bits per heavy atom. The Morgan fingerprint density at radius 1 is 1.53 bits per heavy atom. The van der Waals surface area contributed by atoms with Crippen LogP contribution in [0.5, 0.6) is 0 Å². The average Bonchev–Trinajstić information content (AvgIpc) is 2.70. The SMILES string of the molecule is CCOC(=O)NCCNCc1ccoc1. The van der Waals surface area contributed by atoms with Crippen molar-refractivity contribution in [1.82, 2.24) is 10.6 Å². The van der Waals surface area contributed by atoms with Crippen LogP contribution in [-0.2, 0) is 11.3 Å². The molecule has 0 aliphatic heterocycles. The van der Waals surface area contributed by atoms with Crippen molar-refractivity contribution >= 4 is 6.09 Å². The van der Waals surface area contributed by atoms with Crippen molar-refractivity contribution in [2.45, 2.75) is 13.5 Å². The van der Waals surface area contributed by atoms with Crippen LogP contribution in [0, 0.1) is 0 Å². The zero-order chi connectivity index (χ0) is 10.9. The van der Waals surface area contributed by atoms with E-state index in [9.17, 15) is 4.79 Å². The summed E-state index contributed by atoms with van der Waals surface area (Å²) in [7, 11) is 0. The van der Waals surface area contributed by atoms with Crippen LogP contribution in [-0.4, -0.2) is 25.8 Å². The number of alkyl carbamates (subject to hydrolysis) is 1. The molecule has 84 valence electrons. The third-order valence-corrected chi connectivity index (χ3v) is 1.76. The van der Waals surface area contributed by atoms with Gasteiger partial charge in [0.2, 0.25) is 0 Å². The van der Waals surface area contributed by atoms with Crippen molar-refractivity contribution in [3.05, 3.63) is 24.2 Å². The second-order valence-corrected chi connectivity index (χ2v) is 2.96. The molecule has 0 saturated carbocycles. The first kappa shape index (κ1) is 11.6. The Kier molecular flexibility index (Phi) is 5.32. The fourth-order valence-corrected chi connectivity index (χ4v) is 1.06. The summed E-state index contributed by atoms with van der Waals surface area (Å²) in [4.78, 5) is 10.9. The Hall–Kier alpha value is -1.49. The molecule has 1 aromatic rings. The van der Waals surface area contributed by atoms with Gasteiger partial charge in [0.1, 0.15) is 0 Å². The fourth-order valence-electron chi connectivity index (χ4n) is 1.06. The molecule has 0 fully saturated rings. The van der Waals surface area contributed by atoms with Crippen molar-refractivity contribution < 1.29 is 13.9 Å². The van der Waals surface area contributed by atoms with Gasteiger partial charge in [0, 0.05) is 25.2 Å². The fraction of sp³-hybridized carbons (Fsp3) is 0.500. The number of rotatable bonds is 6. The monoisotopic (exact) mass is 212 g/mol. The smallest absolute Gasteiger partial charge is 0.407 e. The number of carbonyl (C=O) groups is 1. The minimum Gasteiger partial charge on any atom is -0.472 e. The van der Waals surface area contributed by atoms with Crippen LogP contribution in [0.4, 0.5) is 4.79 Å². The van der Waals surface area contributed by atoms with E-state index in [1.165, 1.54) is 0 Å². The van der Waals surface area contributed by atoms with Crippen molar-refractivity contribution in [2.24, 2.45) is 0 Å². The molecule has 5 nitrogen and oxygen atoms in total. The maximum absolute atomic E-state index is 10.9. The largest absolute Gasteiger partial charge is 0.472 e. The summed E-state index contributed by atoms with van der Waals surface area (Å²) in [5.41, 5.74) is 1.09. The minimum absolute atomic E-state index is 0.373. The summed E-state index contributed by atoms with van der Waals surface area (Å²) in [6.45, 7) is 4.16. The van der Waals surface area contributed by atoms with Crippen LogP contribution >= 0.6 is 0 Å². The van der Waals surface area contributed by atoms with E-state index in [1.54, 1.807) is 19.5 Å². The van der Waals surface area contributed by atoms with E-state index in [0.29, 0.717) is 19.7 Å². The molecule has 0 bridgehead atoms. The number of carbonyl (C=O) groups excluding carboxylic acids is 1. The van der Waals surface area contributed by atoms with E-state index < -0.39 is 0 Å². The molecule has 1 rings (SSSR count). The van der Waals surface area contributed by atoms with Gasteiger partial charge in [-0.05, 0) is 13.0 Å². The average molecular weight is 212 g/mol. The number of nitrogens with one attached hydrogen (secondary N) is 2. The maximum atomic E-state index is 10.9. The molecular formula is C10H16N2O3. The van der Waals surface area contributed by atoms with Gasteiger partial charge in [-0.3, -0.25) is 0 Å². The van der Waals surface area contributed by atoms with Gasteiger partial charge in [0.05, 0.1) is 19.1 Å². The summed E-state index contributed by atoms with van der Waals surface area (Å²) in [6, 6.07) is 1.89. The van der Waals surface area contributed by atoms with Crippen molar-refractivity contribution in [3.8, 4) is 0 Å². The molecule has 1 heterocycles. The molecular weight excluding hydrogens is 196 g/mol. The molecule has 2 N–H and O–H groups in total. The van der Waals surface area contributed by atoms with Gasteiger partial charge in [-0.25, -0.2) is 4.79 Å². The third-order valence-electron chi connectivity index (χ3n) is 1.76. The summed E-state index contributed by atoms with van der Waals surface area (Å²) in [6.07, 6.45) is 2.95. The molecule has 5 heteroatoms. The number of hydrogen-bond donors (Lipinski definition) is 2. The predicted molar refractivity (Wildman–Crippen MR) is 55.4 cm³/mol. The van der Waals surface area contributed by atoms with Crippen LogP contribution in [0.2, 0.25) is 0 Å². The number of hydrogen-bond acceptors (Lipinski definition) is 4. The van der Waals surface area contributed by atoms with Crippen molar-refractivity contribution in [1.29, 1.82) is 0 Å². The zero-order valence-corrected chi connectivity index (χ0v) is 8.79. The lowest BCUT2D eigenvalue weighted by molar-refractivity contribution is 0.152. The Balaban J connectivity index is 1.95. The van der Waals surface area contributed by atoms with Crippen LogP contribution in [0.3, 0.4) is 0 Å². The number of furan rings is 1. The summed E-state index contributed by atoms with van der Waals surface area (Å²) in [5, 5.41) is 5.77. The summed E-state index contributed by atoms with van der Waals surface area (Å²) in [5.74, 6) is 0. The second kappa shape index (κ2) is 6.89. The van der Waals surface area contributed by atoms with E-state index in [1.807, 2.05) is 6.07 Å². The Bertz CT molecular complexity index is 272. The van der Waals surface area contributed by atoms with E-state index in [-0.39, 0.29) is 6.09 Å². The first-order valence-corrected chi connectivity index (χ1v) is 4.95. The van der Waals surface area contributed by atoms with E-state index in [0.717, 1.165) is 12.1 Å². The quantitative estimate of drug-likeness (QED) is 0.693. The highest BCUT2D eigenvalue weighted by Crippen LogP contribution is 1.97. The highest BCUT2D eigenvalue weighted by atomic mass is 16.5. The molecule has 0 atom stereocenters. The van der Waals surface area contributed by atoms with Gasteiger partial charge in [0.25, 0.3) is 0 Å². The highest BCUT2D eigenvalue weighted by molar-refractivity contribution is 5.66. The van der Waals surface area contributed by atoms with E-state index >= 15 is 0 Å². The molecule has 0 spiro atoms. The lowest BCUT2D eigenvalue weighted by Crippen LogP contribution is -2.31. The first-order valence-electron chi connectivity index (χ1n) is 4.95. The molecule has 0 aromatic carbocycles. The number of amides is 1. The molecule has 1 aromatic heterocycles. The van der Waals surface area contributed by atoms with Crippen LogP contribution in [0.15, 0.2) is 23.0 Å². The first-order chi connectivity index (χ1) is 7.33. The lowest BCUT2D eigenvalue weighted by Gasteiger charge is -2.05. The minimum atomic E-state index is -0.373. The standard InChI is InChI=1S/C10H16N2O3/c1-2-15-10(13)12-5-4-11-7-9-3-6-14-8-9/h3,6,8,11H,2,4-5,7H2,1H3,(H,12,13). The van der Waals surface area contributed by atoms with Gasteiger partial charge < -0.3 is 19.8 Å². The summed E-state index contributed by atoms with van der Waals surface area (Å²) < 4.78 is 9.61. The molecule has 0 aliphatic carbocycles. The molecule has 0 saturated heterocycles. The second-order valence-electron chi connectivity index (χ2n) is 2.96. The van der Waals surface area contributed by atoms with Gasteiger partial charge in [-0.1, -0.05) is 0 Å². The van der Waals surface area contributed by atoms with Gasteiger partial charge in [-0.2, -0.15) is 0 Å². The predicted octanol–water partition coefficient (Wildman–Crippen LogP) is 1.12. The van der Waals surface area contributed by atoms with Gasteiger partial charge >= 0.3 is 6.09 Å². The van der Waals surface area contributed by atoms with Crippen LogP contribution in [0.25, 0.3) is 0 Å². The van der Waals surface area contributed by atoms with Crippen LogP contribution in [0.1, 0.15) is 12.5 Å². The van der Waals surface area contributed by atoms with Crippen molar-refractivity contribution in [3.63, 3.8) is 0 Å². The Morgan fingerprint density at radius 2 is 2.40 bits per heavy atom. The lowest BCUT2D eigenvalue weighted by atomic mass is 10.3. The third kappa shape index (κ3) is 5.07. The van der Waals surface area contributed by atoms with E-state index in [2.05, 4.69) is 10.6 Å². The Labute approximate surface area is 88.8 Å². The molecule has 0 radical (unpaired) electrons. The molecule has 0 unspecified atom stereocenters. The van der Waals surface area contributed by atoms with Gasteiger partial charge in [-0.15, -0.1) is 0 Å². The maximum Gasteiger partial charge on any atom is 0.407 e. The molecule has 1 amide bonds. The molecule has 0 aliphatic rings. The zero-order valence-electron chi connectivity index (χ0n) is 8.79. The van der Waals surface area contributed by atoms with Gasteiger partial charge in [0.15, 0.2) is 0 Å². The topological polar surface area (TPSA) is 63.5 Å².